The first kappa shape index (κ1) is 18.7. The summed E-state index contributed by atoms with van der Waals surface area (Å²) in [4.78, 5) is 2.54. The smallest absolute Gasteiger partial charge is 0.0270 e. The van der Waals surface area contributed by atoms with Crippen molar-refractivity contribution in [3.63, 3.8) is 0 Å². The molecular weight excluding hydrogens is 376 g/mol. The Kier molecular flexibility index (Phi) is 5.70. The summed E-state index contributed by atoms with van der Waals surface area (Å²) in [5.74, 6) is 0. The molecule has 4 aromatic rings. The second kappa shape index (κ2) is 8.55. The van der Waals surface area contributed by atoms with Gasteiger partial charge in [0.05, 0.1) is 0 Å². The molecule has 28 heavy (non-hydrogen) atoms. The van der Waals surface area contributed by atoms with Crippen LogP contribution in [0.25, 0.3) is 35.4 Å². The summed E-state index contributed by atoms with van der Waals surface area (Å²) < 4.78 is 0. The molecule has 2 heterocycles. The van der Waals surface area contributed by atoms with Crippen molar-refractivity contribution in [1.82, 2.24) is 0 Å². The Bertz CT molecular complexity index is 1110. The summed E-state index contributed by atoms with van der Waals surface area (Å²) in [5, 5.41) is 4.23. The molecule has 0 aliphatic heterocycles. The number of thiophene rings is 2. The van der Waals surface area contributed by atoms with Crippen molar-refractivity contribution in [1.29, 1.82) is 0 Å². The molecule has 0 unspecified atom stereocenters. The molecule has 0 aliphatic rings. The Morgan fingerprint density at radius 1 is 0.643 bits per heavy atom. The van der Waals surface area contributed by atoms with Gasteiger partial charge in [0.1, 0.15) is 0 Å². The SMILES string of the molecule is Cc1ccc(C)c(-c2cc(/C=C/c3cccs3)ccc2/C=C/c2cccs2)c1. The van der Waals surface area contributed by atoms with E-state index in [-0.39, 0.29) is 0 Å². The van der Waals surface area contributed by atoms with Gasteiger partial charge in [0.2, 0.25) is 0 Å². The monoisotopic (exact) mass is 398 g/mol. The normalized spacial score (nSPS) is 11.6. The minimum Gasteiger partial charge on any atom is -0.144 e. The van der Waals surface area contributed by atoms with E-state index in [4.69, 9.17) is 0 Å². The highest BCUT2D eigenvalue weighted by molar-refractivity contribution is 7.11. The van der Waals surface area contributed by atoms with E-state index in [1.54, 1.807) is 22.7 Å². The van der Waals surface area contributed by atoms with Gasteiger partial charge in [-0.3, -0.25) is 0 Å². The van der Waals surface area contributed by atoms with Gasteiger partial charge in [-0.1, -0.05) is 60.2 Å². The van der Waals surface area contributed by atoms with E-state index in [2.05, 4.69) is 110 Å². The van der Waals surface area contributed by atoms with Crippen molar-refractivity contribution in [2.45, 2.75) is 13.8 Å². The molecule has 4 rings (SSSR count). The van der Waals surface area contributed by atoms with Crippen molar-refractivity contribution >= 4 is 47.0 Å². The van der Waals surface area contributed by atoms with Crippen LogP contribution >= 0.6 is 22.7 Å². The molecule has 0 spiro atoms. The minimum atomic E-state index is 1.22. The number of hydrogen-bond acceptors (Lipinski definition) is 2. The topological polar surface area (TPSA) is 0 Å². The average Bonchev–Trinajstić information content (AvgIpc) is 3.41. The van der Waals surface area contributed by atoms with Gasteiger partial charge in [0, 0.05) is 9.75 Å². The maximum absolute atomic E-state index is 2.31. The second-order valence-electron chi connectivity index (χ2n) is 6.86. The highest BCUT2D eigenvalue weighted by Crippen LogP contribution is 2.31. The fraction of sp³-hybridized carbons (Fsp3) is 0.0769. The third-order valence-electron chi connectivity index (χ3n) is 4.71. The molecule has 0 amide bonds. The summed E-state index contributed by atoms with van der Waals surface area (Å²) in [5.41, 5.74) is 7.64. The maximum Gasteiger partial charge on any atom is 0.0270 e. The molecule has 0 saturated carbocycles. The van der Waals surface area contributed by atoms with Gasteiger partial charge in [-0.2, -0.15) is 0 Å². The van der Waals surface area contributed by atoms with Gasteiger partial charge in [0.25, 0.3) is 0 Å². The van der Waals surface area contributed by atoms with E-state index in [1.807, 2.05) is 0 Å². The Balaban J connectivity index is 1.78. The predicted molar refractivity (Wildman–Crippen MR) is 128 cm³/mol. The van der Waals surface area contributed by atoms with E-state index >= 15 is 0 Å². The minimum absolute atomic E-state index is 1.22. The molecule has 0 N–H and O–H groups in total. The Morgan fingerprint density at radius 2 is 1.36 bits per heavy atom. The van der Waals surface area contributed by atoms with Gasteiger partial charge in [-0.05, 0) is 82.8 Å². The molecule has 2 aromatic carbocycles. The van der Waals surface area contributed by atoms with Gasteiger partial charge < -0.3 is 0 Å². The molecule has 0 radical (unpaired) electrons. The van der Waals surface area contributed by atoms with E-state index in [0.29, 0.717) is 0 Å². The lowest BCUT2D eigenvalue weighted by atomic mass is 9.92. The lowest BCUT2D eigenvalue weighted by Gasteiger charge is -2.12. The van der Waals surface area contributed by atoms with Crippen LogP contribution < -0.4 is 0 Å². The van der Waals surface area contributed by atoms with Gasteiger partial charge >= 0.3 is 0 Å². The fourth-order valence-electron chi connectivity index (χ4n) is 3.20. The summed E-state index contributed by atoms with van der Waals surface area (Å²) in [6.07, 6.45) is 8.83. The van der Waals surface area contributed by atoms with E-state index < -0.39 is 0 Å². The van der Waals surface area contributed by atoms with Crippen LogP contribution in [0, 0.1) is 13.8 Å². The van der Waals surface area contributed by atoms with E-state index in [0.717, 1.165) is 0 Å². The van der Waals surface area contributed by atoms with Crippen LogP contribution in [0.5, 0.6) is 0 Å². The van der Waals surface area contributed by atoms with Crippen LogP contribution in [0.4, 0.5) is 0 Å². The van der Waals surface area contributed by atoms with Crippen LogP contribution in [0.15, 0.2) is 71.4 Å². The van der Waals surface area contributed by atoms with Crippen molar-refractivity contribution in [2.24, 2.45) is 0 Å². The molecule has 0 nitrogen and oxygen atoms in total. The first-order valence-electron chi connectivity index (χ1n) is 9.34. The average molecular weight is 399 g/mol. The molecule has 0 fully saturated rings. The molecule has 2 heteroatoms. The van der Waals surface area contributed by atoms with Gasteiger partial charge in [0.15, 0.2) is 0 Å². The van der Waals surface area contributed by atoms with Gasteiger partial charge in [-0.25, -0.2) is 0 Å². The molecule has 0 aliphatic carbocycles. The van der Waals surface area contributed by atoms with Crippen LogP contribution in [-0.2, 0) is 0 Å². The fourth-order valence-corrected chi connectivity index (χ4v) is 4.44. The maximum atomic E-state index is 2.31. The third-order valence-corrected chi connectivity index (χ3v) is 6.39. The zero-order valence-electron chi connectivity index (χ0n) is 16.1. The Labute approximate surface area is 175 Å². The lowest BCUT2D eigenvalue weighted by molar-refractivity contribution is 1.39. The van der Waals surface area contributed by atoms with Crippen molar-refractivity contribution in [2.75, 3.05) is 0 Å². The predicted octanol–water partition coefficient (Wildman–Crippen LogP) is 8.43. The summed E-state index contributed by atoms with van der Waals surface area (Å²) in [6.45, 7) is 4.35. The van der Waals surface area contributed by atoms with Crippen LogP contribution in [0.2, 0.25) is 0 Å². The molecular formula is C26H22S2. The molecule has 2 aromatic heterocycles. The Morgan fingerprint density at radius 3 is 2.04 bits per heavy atom. The molecule has 0 atom stereocenters. The Hall–Kier alpha value is -2.68. The molecule has 138 valence electrons. The zero-order chi connectivity index (χ0) is 19.3. The number of aryl methyl sites for hydroxylation is 2. The molecule has 0 saturated heterocycles. The second-order valence-corrected chi connectivity index (χ2v) is 8.82. The number of benzene rings is 2. The van der Waals surface area contributed by atoms with E-state index in [9.17, 15) is 0 Å². The number of rotatable bonds is 5. The summed E-state index contributed by atoms with van der Waals surface area (Å²) >= 11 is 3.52. The van der Waals surface area contributed by atoms with E-state index in [1.165, 1.54) is 43.1 Å². The first-order chi connectivity index (χ1) is 13.7. The van der Waals surface area contributed by atoms with Crippen LogP contribution in [-0.4, -0.2) is 0 Å². The number of hydrogen-bond donors (Lipinski definition) is 0. The quantitative estimate of drug-likeness (QED) is 0.316. The van der Waals surface area contributed by atoms with Crippen molar-refractivity contribution in [3.05, 3.63) is 103 Å². The highest BCUT2D eigenvalue weighted by atomic mass is 32.1. The van der Waals surface area contributed by atoms with Gasteiger partial charge in [-0.15, -0.1) is 22.7 Å². The standard InChI is InChI=1S/C26H22S2/c1-19-7-8-20(2)25(17-19)26-18-21(10-13-23-5-3-15-27-23)9-11-22(26)12-14-24-6-4-16-28-24/h3-18H,1-2H3/b13-10+,14-12+. The first-order valence-corrected chi connectivity index (χ1v) is 11.1. The highest BCUT2D eigenvalue weighted by Gasteiger charge is 2.08. The van der Waals surface area contributed by atoms with Crippen LogP contribution in [0.1, 0.15) is 32.0 Å². The lowest BCUT2D eigenvalue weighted by Crippen LogP contribution is -1.89. The van der Waals surface area contributed by atoms with Crippen molar-refractivity contribution < 1.29 is 0 Å². The third kappa shape index (κ3) is 4.41. The summed E-state index contributed by atoms with van der Waals surface area (Å²) in [7, 11) is 0. The summed E-state index contributed by atoms with van der Waals surface area (Å²) in [6, 6.07) is 21.9. The largest absolute Gasteiger partial charge is 0.144 e. The zero-order valence-corrected chi connectivity index (χ0v) is 17.7. The van der Waals surface area contributed by atoms with Crippen molar-refractivity contribution in [3.8, 4) is 11.1 Å². The molecule has 0 bridgehead atoms. The van der Waals surface area contributed by atoms with Crippen LogP contribution in [0.3, 0.4) is 0 Å².